The third-order valence-electron chi connectivity index (χ3n) is 2.99. The first kappa shape index (κ1) is 13.6. The second kappa shape index (κ2) is 5.05. The van der Waals surface area contributed by atoms with Crippen LogP contribution in [0.5, 0.6) is 0 Å². The highest BCUT2D eigenvalue weighted by Crippen LogP contribution is 2.27. The Morgan fingerprint density at radius 1 is 1.32 bits per heavy atom. The van der Waals surface area contributed by atoms with Gasteiger partial charge in [-0.2, -0.15) is 0 Å². The van der Waals surface area contributed by atoms with Crippen LogP contribution in [0, 0.1) is 0 Å². The summed E-state index contributed by atoms with van der Waals surface area (Å²) >= 11 is 0. The number of fused-ring (bicyclic) bond motifs is 1. The Bertz CT molecular complexity index is 698. The SMILES string of the molecule is CN(CCS(C)(=O)=O)c1ccnc2c(N)cccc12. The molecule has 1 aromatic carbocycles. The van der Waals surface area contributed by atoms with Gasteiger partial charge in [0, 0.05) is 37.1 Å². The van der Waals surface area contributed by atoms with E-state index in [9.17, 15) is 8.42 Å². The first-order valence-electron chi connectivity index (χ1n) is 5.90. The molecule has 2 aromatic rings. The van der Waals surface area contributed by atoms with Gasteiger partial charge in [-0.05, 0) is 12.1 Å². The molecule has 0 amide bonds. The minimum absolute atomic E-state index is 0.121. The number of aromatic nitrogens is 1. The van der Waals surface area contributed by atoms with Gasteiger partial charge in [0.25, 0.3) is 0 Å². The van der Waals surface area contributed by atoms with Crippen molar-refractivity contribution >= 4 is 32.1 Å². The molecular formula is C13H17N3O2S. The predicted molar refractivity (Wildman–Crippen MR) is 79.1 cm³/mol. The van der Waals surface area contributed by atoms with Crippen LogP contribution in [-0.4, -0.2) is 39.0 Å². The van der Waals surface area contributed by atoms with Gasteiger partial charge in [-0.25, -0.2) is 8.42 Å². The van der Waals surface area contributed by atoms with Gasteiger partial charge in [-0.15, -0.1) is 0 Å². The quantitative estimate of drug-likeness (QED) is 0.854. The van der Waals surface area contributed by atoms with E-state index in [1.165, 1.54) is 6.26 Å². The number of hydrogen-bond donors (Lipinski definition) is 1. The number of para-hydroxylation sites is 1. The zero-order chi connectivity index (χ0) is 14.0. The third kappa shape index (κ3) is 3.14. The van der Waals surface area contributed by atoms with Gasteiger partial charge < -0.3 is 10.6 Å². The van der Waals surface area contributed by atoms with Crippen LogP contribution in [0.3, 0.4) is 0 Å². The molecule has 0 aliphatic rings. The number of benzene rings is 1. The van der Waals surface area contributed by atoms with Gasteiger partial charge in [0.1, 0.15) is 9.84 Å². The fraction of sp³-hybridized carbons (Fsp3) is 0.308. The molecule has 2 rings (SSSR count). The minimum atomic E-state index is -2.97. The van der Waals surface area contributed by atoms with Gasteiger partial charge in [-0.1, -0.05) is 12.1 Å². The van der Waals surface area contributed by atoms with Crippen LogP contribution in [0.2, 0.25) is 0 Å². The highest BCUT2D eigenvalue weighted by molar-refractivity contribution is 7.90. The summed E-state index contributed by atoms with van der Waals surface area (Å²) in [5.74, 6) is 0.121. The topological polar surface area (TPSA) is 76.3 Å². The van der Waals surface area contributed by atoms with Gasteiger partial charge in [0.15, 0.2) is 0 Å². The van der Waals surface area contributed by atoms with E-state index in [1.807, 2.05) is 30.1 Å². The molecule has 1 heterocycles. The van der Waals surface area contributed by atoms with Crippen LogP contribution < -0.4 is 10.6 Å². The number of nitrogens with two attached hydrogens (primary N) is 1. The third-order valence-corrected chi connectivity index (χ3v) is 3.91. The minimum Gasteiger partial charge on any atom is -0.397 e. The van der Waals surface area contributed by atoms with Crippen LogP contribution in [0.4, 0.5) is 11.4 Å². The zero-order valence-electron chi connectivity index (χ0n) is 11.0. The molecule has 0 unspecified atom stereocenters. The van der Waals surface area contributed by atoms with Crippen molar-refractivity contribution in [3.05, 3.63) is 30.5 Å². The number of nitrogen functional groups attached to an aromatic ring is 1. The molecule has 0 radical (unpaired) electrons. The lowest BCUT2D eigenvalue weighted by Crippen LogP contribution is -2.25. The molecule has 0 saturated heterocycles. The Labute approximate surface area is 113 Å². The Balaban J connectivity index is 2.37. The second-order valence-electron chi connectivity index (χ2n) is 4.62. The van der Waals surface area contributed by atoms with Crippen molar-refractivity contribution in [2.24, 2.45) is 0 Å². The van der Waals surface area contributed by atoms with Gasteiger partial charge >= 0.3 is 0 Å². The van der Waals surface area contributed by atoms with Crippen LogP contribution in [-0.2, 0) is 9.84 Å². The molecule has 0 aliphatic heterocycles. The van der Waals surface area contributed by atoms with Crippen molar-refractivity contribution < 1.29 is 8.42 Å². The van der Waals surface area contributed by atoms with Crippen molar-refractivity contribution in [3.8, 4) is 0 Å². The second-order valence-corrected chi connectivity index (χ2v) is 6.88. The first-order chi connectivity index (χ1) is 8.88. The molecule has 0 saturated carbocycles. The van der Waals surface area contributed by atoms with E-state index in [2.05, 4.69) is 4.98 Å². The van der Waals surface area contributed by atoms with E-state index in [0.29, 0.717) is 12.2 Å². The molecule has 5 nitrogen and oxygen atoms in total. The Morgan fingerprint density at radius 3 is 2.74 bits per heavy atom. The average molecular weight is 279 g/mol. The van der Waals surface area contributed by atoms with Gasteiger partial charge in [0.05, 0.1) is 17.0 Å². The lowest BCUT2D eigenvalue weighted by atomic mass is 10.1. The maximum atomic E-state index is 11.2. The largest absolute Gasteiger partial charge is 0.397 e. The summed E-state index contributed by atoms with van der Waals surface area (Å²) in [5, 5.41) is 0.929. The van der Waals surface area contributed by atoms with Crippen LogP contribution in [0.1, 0.15) is 0 Å². The fourth-order valence-electron chi connectivity index (χ4n) is 1.94. The van der Waals surface area contributed by atoms with Crippen LogP contribution in [0.15, 0.2) is 30.5 Å². The van der Waals surface area contributed by atoms with Gasteiger partial charge in [-0.3, -0.25) is 4.98 Å². The Morgan fingerprint density at radius 2 is 2.05 bits per heavy atom. The summed E-state index contributed by atoms with van der Waals surface area (Å²) in [6.07, 6.45) is 2.93. The fourth-order valence-corrected chi connectivity index (χ4v) is 2.55. The summed E-state index contributed by atoms with van der Waals surface area (Å²) in [5.41, 5.74) is 8.19. The number of hydrogen-bond acceptors (Lipinski definition) is 5. The highest BCUT2D eigenvalue weighted by atomic mass is 32.2. The highest BCUT2D eigenvalue weighted by Gasteiger charge is 2.10. The summed E-state index contributed by atoms with van der Waals surface area (Å²) in [7, 11) is -1.11. The summed E-state index contributed by atoms with van der Waals surface area (Å²) in [4.78, 5) is 6.17. The smallest absolute Gasteiger partial charge is 0.149 e. The summed E-state index contributed by atoms with van der Waals surface area (Å²) < 4.78 is 22.5. The average Bonchev–Trinajstić information content (AvgIpc) is 2.35. The lowest BCUT2D eigenvalue weighted by Gasteiger charge is -2.20. The van der Waals surface area contributed by atoms with E-state index < -0.39 is 9.84 Å². The lowest BCUT2D eigenvalue weighted by molar-refractivity contribution is 0.601. The van der Waals surface area contributed by atoms with Crippen molar-refractivity contribution in [1.29, 1.82) is 0 Å². The zero-order valence-corrected chi connectivity index (χ0v) is 11.8. The molecule has 2 N–H and O–H groups in total. The monoisotopic (exact) mass is 279 g/mol. The number of nitrogens with zero attached hydrogens (tertiary/aromatic N) is 2. The standard InChI is InChI=1S/C13H17N3O2S/c1-16(8-9-19(2,17)18)12-6-7-15-13-10(12)4-3-5-11(13)14/h3-7H,8-9,14H2,1-2H3. The molecule has 0 spiro atoms. The number of pyridine rings is 1. The van der Waals surface area contributed by atoms with Crippen molar-refractivity contribution in [3.63, 3.8) is 0 Å². The summed E-state index contributed by atoms with van der Waals surface area (Å²) in [6.45, 7) is 0.437. The number of anilines is 2. The van der Waals surface area contributed by atoms with Crippen molar-refractivity contribution in [1.82, 2.24) is 4.98 Å². The molecule has 1 aromatic heterocycles. The maximum Gasteiger partial charge on any atom is 0.149 e. The predicted octanol–water partition coefficient (Wildman–Crippen LogP) is 1.30. The van der Waals surface area contributed by atoms with E-state index in [0.717, 1.165) is 16.6 Å². The van der Waals surface area contributed by atoms with E-state index >= 15 is 0 Å². The van der Waals surface area contributed by atoms with Crippen LogP contribution in [0.25, 0.3) is 10.9 Å². The molecule has 0 bridgehead atoms. The van der Waals surface area contributed by atoms with Crippen molar-refractivity contribution in [2.75, 3.05) is 36.2 Å². The first-order valence-corrected chi connectivity index (χ1v) is 7.96. The van der Waals surface area contributed by atoms with E-state index in [4.69, 9.17) is 5.73 Å². The van der Waals surface area contributed by atoms with E-state index in [1.54, 1.807) is 12.3 Å². The summed E-state index contributed by atoms with van der Waals surface area (Å²) in [6, 6.07) is 7.47. The number of sulfone groups is 1. The Hall–Kier alpha value is -1.82. The van der Waals surface area contributed by atoms with Gasteiger partial charge in [0.2, 0.25) is 0 Å². The maximum absolute atomic E-state index is 11.2. The normalized spacial score (nSPS) is 11.7. The molecule has 102 valence electrons. The van der Waals surface area contributed by atoms with Crippen LogP contribution >= 0.6 is 0 Å². The molecular weight excluding hydrogens is 262 g/mol. The Kier molecular flexibility index (Phi) is 3.61. The molecule has 19 heavy (non-hydrogen) atoms. The van der Waals surface area contributed by atoms with Crippen molar-refractivity contribution in [2.45, 2.75) is 0 Å². The van der Waals surface area contributed by atoms with E-state index in [-0.39, 0.29) is 5.75 Å². The molecule has 6 heteroatoms. The molecule has 0 fully saturated rings. The molecule has 0 atom stereocenters. The molecule has 0 aliphatic carbocycles. The number of rotatable bonds is 4.